The standard InChI is InChI=1S/C14H18FN3O3/c1-20-7-5-17(6-8-21-2)14(19)12-10-18-9-11(15)3-4-13(18)16-12/h3-4,9-10H,5-8H2,1-2H3. The zero-order chi connectivity index (χ0) is 15.2. The molecule has 114 valence electrons. The first-order chi connectivity index (χ1) is 10.2. The van der Waals surface area contributed by atoms with Crippen LogP contribution in [0.4, 0.5) is 4.39 Å². The van der Waals surface area contributed by atoms with E-state index in [1.807, 2.05) is 0 Å². The van der Waals surface area contributed by atoms with Crippen LogP contribution in [0, 0.1) is 5.82 Å². The molecule has 2 heterocycles. The van der Waals surface area contributed by atoms with E-state index >= 15 is 0 Å². The molecule has 0 unspecified atom stereocenters. The van der Waals surface area contributed by atoms with Crippen molar-refractivity contribution in [2.45, 2.75) is 0 Å². The van der Waals surface area contributed by atoms with Crippen LogP contribution in [0.3, 0.4) is 0 Å². The van der Waals surface area contributed by atoms with Crippen LogP contribution in [0.1, 0.15) is 10.5 Å². The monoisotopic (exact) mass is 295 g/mol. The van der Waals surface area contributed by atoms with E-state index in [9.17, 15) is 9.18 Å². The van der Waals surface area contributed by atoms with Crippen molar-refractivity contribution in [3.8, 4) is 0 Å². The van der Waals surface area contributed by atoms with Gasteiger partial charge in [-0.05, 0) is 12.1 Å². The van der Waals surface area contributed by atoms with Crippen LogP contribution in [0.5, 0.6) is 0 Å². The molecule has 6 nitrogen and oxygen atoms in total. The Labute approximate surface area is 122 Å². The minimum absolute atomic E-state index is 0.229. The average molecular weight is 295 g/mol. The fraction of sp³-hybridized carbons (Fsp3) is 0.429. The van der Waals surface area contributed by atoms with Crippen molar-refractivity contribution in [3.05, 3.63) is 36.0 Å². The maximum atomic E-state index is 13.2. The molecule has 0 saturated carbocycles. The lowest BCUT2D eigenvalue weighted by Crippen LogP contribution is -2.36. The number of carbonyl (C=O) groups is 1. The van der Waals surface area contributed by atoms with E-state index in [0.717, 1.165) is 0 Å². The molecule has 0 atom stereocenters. The van der Waals surface area contributed by atoms with Crippen molar-refractivity contribution >= 4 is 11.6 Å². The summed E-state index contributed by atoms with van der Waals surface area (Å²) >= 11 is 0. The van der Waals surface area contributed by atoms with E-state index < -0.39 is 0 Å². The number of imidazole rings is 1. The van der Waals surface area contributed by atoms with Crippen LogP contribution in [0.15, 0.2) is 24.5 Å². The Bertz CT molecular complexity index is 607. The Balaban J connectivity index is 2.20. The van der Waals surface area contributed by atoms with Crippen molar-refractivity contribution in [1.29, 1.82) is 0 Å². The second-order valence-corrected chi connectivity index (χ2v) is 4.52. The van der Waals surface area contributed by atoms with Crippen LogP contribution in [-0.4, -0.2) is 60.7 Å². The second kappa shape index (κ2) is 7.14. The van der Waals surface area contributed by atoms with Gasteiger partial charge in [-0.2, -0.15) is 0 Å². The van der Waals surface area contributed by atoms with Gasteiger partial charge in [0.15, 0.2) is 0 Å². The highest BCUT2D eigenvalue weighted by Gasteiger charge is 2.18. The zero-order valence-corrected chi connectivity index (χ0v) is 12.1. The molecule has 2 aromatic rings. The summed E-state index contributed by atoms with van der Waals surface area (Å²) in [4.78, 5) is 18.3. The zero-order valence-electron chi connectivity index (χ0n) is 12.1. The average Bonchev–Trinajstić information content (AvgIpc) is 2.89. The van der Waals surface area contributed by atoms with Crippen LogP contribution < -0.4 is 0 Å². The number of carbonyl (C=O) groups excluding carboxylic acids is 1. The largest absolute Gasteiger partial charge is 0.383 e. The summed E-state index contributed by atoms with van der Waals surface area (Å²) in [5.41, 5.74) is 0.797. The van der Waals surface area contributed by atoms with Crippen molar-refractivity contribution in [1.82, 2.24) is 14.3 Å². The highest BCUT2D eigenvalue weighted by Crippen LogP contribution is 2.09. The van der Waals surface area contributed by atoms with Gasteiger partial charge < -0.3 is 18.8 Å². The molecule has 0 spiro atoms. The smallest absolute Gasteiger partial charge is 0.274 e. The van der Waals surface area contributed by atoms with Gasteiger partial charge in [-0.25, -0.2) is 9.37 Å². The van der Waals surface area contributed by atoms with Crippen LogP contribution in [0.2, 0.25) is 0 Å². The summed E-state index contributed by atoms with van der Waals surface area (Å²) in [7, 11) is 3.15. The van der Waals surface area contributed by atoms with Gasteiger partial charge in [0.1, 0.15) is 17.2 Å². The molecule has 0 aliphatic carbocycles. The van der Waals surface area contributed by atoms with Gasteiger partial charge in [-0.15, -0.1) is 0 Å². The lowest BCUT2D eigenvalue weighted by atomic mass is 10.3. The lowest BCUT2D eigenvalue weighted by Gasteiger charge is -2.20. The van der Waals surface area contributed by atoms with E-state index in [1.165, 1.54) is 28.9 Å². The summed E-state index contributed by atoms with van der Waals surface area (Å²) in [6, 6.07) is 2.84. The Morgan fingerprint density at radius 3 is 2.52 bits per heavy atom. The Morgan fingerprint density at radius 2 is 1.90 bits per heavy atom. The molecular weight excluding hydrogens is 277 g/mol. The molecule has 0 bridgehead atoms. The number of aromatic nitrogens is 2. The molecule has 0 saturated heterocycles. The van der Waals surface area contributed by atoms with Crippen molar-refractivity contribution < 1.29 is 18.7 Å². The summed E-state index contributed by atoms with van der Waals surface area (Å²) in [6.45, 7) is 1.75. The molecule has 1 amide bonds. The predicted molar refractivity (Wildman–Crippen MR) is 74.8 cm³/mol. The van der Waals surface area contributed by atoms with E-state index in [0.29, 0.717) is 32.0 Å². The van der Waals surface area contributed by atoms with Crippen molar-refractivity contribution in [2.75, 3.05) is 40.5 Å². The third-order valence-corrected chi connectivity index (χ3v) is 3.05. The van der Waals surface area contributed by atoms with E-state index in [-0.39, 0.29) is 17.4 Å². The van der Waals surface area contributed by atoms with Gasteiger partial charge in [-0.1, -0.05) is 0 Å². The molecule has 0 aliphatic rings. The molecule has 0 aliphatic heterocycles. The first-order valence-electron chi connectivity index (χ1n) is 6.57. The first kappa shape index (κ1) is 15.4. The number of hydrogen-bond donors (Lipinski definition) is 0. The number of hydrogen-bond acceptors (Lipinski definition) is 4. The molecule has 0 radical (unpaired) electrons. The SMILES string of the molecule is COCCN(CCOC)C(=O)c1cn2cc(F)ccc2n1. The highest BCUT2D eigenvalue weighted by molar-refractivity contribution is 5.92. The normalized spacial score (nSPS) is 11.0. The summed E-state index contributed by atoms with van der Waals surface area (Å²) in [5.74, 6) is -0.609. The minimum Gasteiger partial charge on any atom is -0.383 e. The molecule has 0 fully saturated rings. The number of amides is 1. The van der Waals surface area contributed by atoms with Gasteiger partial charge in [-0.3, -0.25) is 4.79 Å². The second-order valence-electron chi connectivity index (χ2n) is 4.52. The van der Waals surface area contributed by atoms with Crippen LogP contribution in [0.25, 0.3) is 5.65 Å². The van der Waals surface area contributed by atoms with Gasteiger partial charge in [0.2, 0.25) is 0 Å². The predicted octanol–water partition coefficient (Wildman–Crippen LogP) is 1.21. The maximum absolute atomic E-state index is 13.2. The summed E-state index contributed by atoms with van der Waals surface area (Å²) < 4.78 is 24.7. The molecule has 7 heteroatoms. The summed E-state index contributed by atoms with van der Waals surface area (Å²) in [5, 5.41) is 0. The quantitative estimate of drug-likeness (QED) is 0.770. The van der Waals surface area contributed by atoms with Gasteiger partial charge in [0, 0.05) is 39.7 Å². The first-order valence-corrected chi connectivity index (χ1v) is 6.57. The van der Waals surface area contributed by atoms with Gasteiger partial charge in [0.25, 0.3) is 5.91 Å². The third kappa shape index (κ3) is 3.77. The number of methoxy groups -OCH3 is 2. The van der Waals surface area contributed by atoms with Gasteiger partial charge in [0.05, 0.1) is 13.2 Å². The highest BCUT2D eigenvalue weighted by atomic mass is 19.1. The Morgan fingerprint density at radius 1 is 1.24 bits per heavy atom. The molecule has 21 heavy (non-hydrogen) atoms. The lowest BCUT2D eigenvalue weighted by molar-refractivity contribution is 0.0622. The Hall–Kier alpha value is -1.99. The van der Waals surface area contributed by atoms with Crippen LogP contribution >= 0.6 is 0 Å². The van der Waals surface area contributed by atoms with Crippen molar-refractivity contribution in [2.24, 2.45) is 0 Å². The number of halogens is 1. The minimum atomic E-state index is -0.380. The third-order valence-electron chi connectivity index (χ3n) is 3.05. The van der Waals surface area contributed by atoms with Gasteiger partial charge >= 0.3 is 0 Å². The molecule has 0 N–H and O–H groups in total. The number of ether oxygens (including phenoxy) is 2. The van der Waals surface area contributed by atoms with E-state index in [1.54, 1.807) is 19.1 Å². The van der Waals surface area contributed by atoms with E-state index in [4.69, 9.17) is 9.47 Å². The molecule has 2 aromatic heterocycles. The fourth-order valence-corrected chi connectivity index (χ4v) is 1.95. The summed E-state index contributed by atoms with van der Waals surface area (Å²) in [6.07, 6.45) is 2.81. The number of fused-ring (bicyclic) bond motifs is 1. The molecular formula is C14H18FN3O3. The number of nitrogens with zero attached hydrogens (tertiary/aromatic N) is 3. The van der Waals surface area contributed by atoms with E-state index in [2.05, 4.69) is 4.98 Å². The number of pyridine rings is 1. The number of rotatable bonds is 7. The Kier molecular flexibility index (Phi) is 5.24. The molecule has 0 aromatic carbocycles. The van der Waals surface area contributed by atoms with Crippen LogP contribution in [-0.2, 0) is 9.47 Å². The van der Waals surface area contributed by atoms with Crippen molar-refractivity contribution in [3.63, 3.8) is 0 Å². The fourth-order valence-electron chi connectivity index (χ4n) is 1.95. The topological polar surface area (TPSA) is 56.1 Å². The molecule has 2 rings (SSSR count). The maximum Gasteiger partial charge on any atom is 0.274 e.